The second-order valence-electron chi connectivity index (χ2n) is 6.27. The molecule has 4 aromatic rings. The molecule has 0 bridgehead atoms. The SMILES string of the molecule is FC1(CNc2ncc3c(-c4ccc5nccn5c4)c[nH]c3n2)CC1. The lowest BCUT2D eigenvalue weighted by Crippen LogP contribution is -2.17. The molecule has 1 fully saturated rings. The molecule has 0 aliphatic heterocycles. The molecule has 0 aromatic carbocycles. The van der Waals surface area contributed by atoms with Crippen LogP contribution in [0.2, 0.25) is 0 Å². The van der Waals surface area contributed by atoms with Gasteiger partial charge in [-0.05, 0) is 25.0 Å². The summed E-state index contributed by atoms with van der Waals surface area (Å²) in [5, 5.41) is 3.91. The number of nitrogens with zero attached hydrogens (tertiary/aromatic N) is 4. The first kappa shape index (κ1) is 13.5. The van der Waals surface area contributed by atoms with Crippen LogP contribution < -0.4 is 5.32 Å². The predicted octanol–water partition coefficient (Wildman–Crippen LogP) is 3.19. The molecule has 5 rings (SSSR count). The van der Waals surface area contributed by atoms with Crippen LogP contribution in [0.25, 0.3) is 27.8 Å². The fourth-order valence-electron chi connectivity index (χ4n) is 2.86. The van der Waals surface area contributed by atoms with E-state index in [1.807, 2.05) is 35.1 Å². The van der Waals surface area contributed by atoms with Gasteiger partial charge in [0.1, 0.15) is 17.0 Å². The van der Waals surface area contributed by atoms with Crippen molar-refractivity contribution in [2.45, 2.75) is 18.5 Å². The Morgan fingerprint density at radius 1 is 1.29 bits per heavy atom. The lowest BCUT2D eigenvalue weighted by atomic mass is 10.1. The van der Waals surface area contributed by atoms with Gasteiger partial charge in [0.25, 0.3) is 0 Å². The molecule has 24 heavy (non-hydrogen) atoms. The van der Waals surface area contributed by atoms with Crippen molar-refractivity contribution in [1.29, 1.82) is 0 Å². The minimum absolute atomic E-state index is 0.267. The molecule has 6 nitrogen and oxygen atoms in total. The molecule has 120 valence electrons. The van der Waals surface area contributed by atoms with E-state index in [1.54, 1.807) is 12.4 Å². The zero-order valence-electron chi connectivity index (χ0n) is 12.8. The van der Waals surface area contributed by atoms with Crippen LogP contribution in [0.5, 0.6) is 0 Å². The van der Waals surface area contributed by atoms with Crippen LogP contribution in [0.4, 0.5) is 10.3 Å². The maximum absolute atomic E-state index is 13.7. The molecule has 7 heteroatoms. The van der Waals surface area contributed by atoms with E-state index in [0.29, 0.717) is 18.8 Å². The number of hydrogen-bond acceptors (Lipinski definition) is 4. The summed E-state index contributed by atoms with van der Waals surface area (Å²) in [4.78, 5) is 16.2. The number of halogens is 1. The molecular weight excluding hydrogens is 307 g/mol. The molecule has 2 N–H and O–H groups in total. The fourth-order valence-corrected chi connectivity index (χ4v) is 2.86. The normalized spacial score (nSPS) is 15.9. The van der Waals surface area contributed by atoms with Gasteiger partial charge in [-0.15, -0.1) is 0 Å². The Balaban J connectivity index is 1.50. The van der Waals surface area contributed by atoms with Crippen LogP contribution in [-0.4, -0.2) is 36.6 Å². The summed E-state index contributed by atoms with van der Waals surface area (Å²) in [6.45, 7) is 0.267. The monoisotopic (exact) mass is 322 g/mol. The first-order chi connectivity index (χ1) is 11.7. The van der Waals surface area contributed by atoms with Gasteiger partial charge < -0.3 is 14.7 Å². The molecule has 0 amide bonds. The molecule has 0 spiro atoms. The number of pyridine rings is 1. The summed E-state index contributed by atoms with van der Waals surface area (Å²) in [5.41, 5.74) is 2.64. The second kappa shape index (κ2) is 4.77. The van der Waals surface area contributed by atoms with Crippen molar-refractivity contribution in [3.05, 3.63) is 43.1 Å². The number of aromatic nitrogens is 5. The van der Waals surface area contributed by atoms with Gasteiger partial charge in [0.2, 0.25) is 5.95 Å². The van der Waals surface area contributed by atoms with Gasteiger partial charge in [-0.2, -0.15) is 4.98 Å². The van der Waals surface area contributed by atoms with Gasteiger partial charge in [-0.1, -0.05) is 0 Å². The van der Waals surface area contributed by atoms with Crippen LogP contribution in [0, 0.1) is 0 Å². The highest BCUT2D eigenvalue weighted by Gasteiger charge is 2.43. The van der Waals surface area contributed by atoms with Gasteiger partial charge in [0.05, 0.1) is 6.54 Å². The van der Waals surface area contributed by atoms with Crippen molar-refractivity contribution in [1.82, 2.24) is 24.3 Å². The van der Waals surface area contributed by atoms with Crippen molar-refractivity contribution in [3.63, 3.8) is 0 Å². The molecule has 0 atom stereocenters. The van der Waals surface area contributed by atoms with Crippen LogP contribution in [-0.2, 0) is 0 Å². The molecule has 1 aliphatic rings. The molecule has 4 heterocycles. The summed E-state index contributed by atoms with van der Waals surface area (Å²) < 4.78 is 15.7. The summed E-state index contributed by atoms with van der Waals surface area (Å²) in [5.74, 6) is 0.449. The summed E-state index contributed by atoms with van der Waals surface area (Å²) in [6, 6.07) is 4.00. The smallest absolute Gasteiger partial charge is 0.224 e. The first-order valence-corrected chi connectivity index (χ1v) is 7.90. The number of hydrogen-bond donors (Lipinski definition) is 2. The number of nitrogens with one attached hydrogen (secondary N) is 2. The number of anilines is 1. The Kier molecular flexibility index (Phi) is 2.68. The highest BCUT2D eigenvalue weighted by Crippen LogP contribution is 2.39. The van der Waals surface area contributed by atoms with Crippen LogP contribution in [0.15, 0.2) is 43.1 Å². The van der Waals surface area contributed by atoms with Crippen molar-refractivity contribution in [3.8, 4) is 11.1 Å². The topological polar surface area (TPSA) is 70.9 Å². The largest absolute Gasteiger partial charge is 0.351 e. The maximum atomic E-state index is 13.7. The highest BCUT2D eigenvalue weighted by atomic mass is 19.1. The Morgan fingerprint density at radius 3 is 3.08 bits per heavy atom. The van der Waals surface area contributed by atoms with E-state index in [2.05, 4.69) is 25.3 Å². The fraction of sp³-hybridized carbons (Fsp3) is 0.235. The number of alkyl halides is 1. The van der Waals surface area contributed by atoms with Crippen LogP contribution in [0.1, 0.15) is 12.8 Å². The minimum atomic E-state index is -1.07. The van der Waals surface area contributed by atoms with Gasteiger partial charge in [0, 0.05) is 47.5 Å². The summed E-state index contributed by atoms with van der Waals surface area (Å²) >= 11 is 0. The number of imidazole rings is 1. The molecule has 0 radical (unpaired) electrons. The third kappa shape index (κ3) is 2.20. The van der Waals surface area contributed by atoms with Gasteiger partial charge in [-0.25, -0.2) is 14.4 Å². The van der Waals surface area contributed by atoms with Crippen molar-refractivity contribution in [2.24, 2.45) is 0 Å². The van der Waals surface area contributed by atoms with Crippen molar-refractivity contribution < 1.29 is 4.39 Å². The van der Waals surface area contributed by atoms with Gasteiger partial charge in [-0.3, -0.25) is 0 Å². The van der Waals surface area contributed by atoms with E-state index >= 15 is 0 Å². The third-order valence-electron chi connectivity index (χ3n) is 4.49. The molecular formula is C17H15FN6. The summed E-state index contributed by atoms with van der Waals surface area (Å²) in [6.07, 6.45) is 10.6. The van der Waals surface area contributed by atoms with E-state index in [-0.39, 0.29) is 6.54 Å². The van der Waals surface area contributed by atoms with Crippen molar-refractivity contribution >= 4 is 22.6 Å². The zero-order valence-corrected chi connectivity index (χ0v) is 12.8. The number of aromatic amines is 1. The van der Waals surface area contributed by atoms with Crippen LogP contribution >= 0.6 is 0 Å². The molecule has 4 aromatic heterocycles. The number of H-pyrrole nitrogens is 1. The molecule has 1 saturated carbocycles. The van der Waals surface area contributed by atoms with E-state index < -0.39 is 5.67 Å². The van der Waals surface area contributed by atoms with E-state index in [0.717, 1.165) is 27.8 Å². The van der Waals surface area contributed by atoms with Crippen molar-refractivity contribution in [2.75, 3.05) is 11.9 Å². The van der Waals surface area contributed by atoms with Gasteiger partial charge >= 0.3 is 0 Å². The Bertz CT molecular complexity index is 1050. The molecule has 1 aliphatic carbocycles. The predicted molar refractivity (Wildman–Crippen MR) is 89.6 cm³/mol. The standard InChI is InChI=1S/C17H15FN6/c18-17(3-4-17)10-22-16-21-8-13-12(7-20-15(13)23-16)11-1-2-14-19-5-6-24(14)9-11/h1-2,5-9H,3-4,10H2,(H2,20,21,22,23). The summed E-state index contributed by atoms with van der Waals surface area (Å²) in [7, 11) is 0. The average Bonchev–Trinajstić information content (AvgIpc) is 3.02. The molecule has 0 unspecified atom stereocenters. The minimum Gasteiger partial charge on any atom is -0.351 e. The second-order valence-corrected chi connectivity index (χ2v) is 6.27. The molecule has 0 saturated heterocycles. The lowest BCUT2D eigenvalue weighted by Gasteiger charge is -2.07. The number of rotatable bonds is 4. The zero-order chi connectivity index (χ0) is 16.1. The average molecular weight is 322 g/mol. The lowest BCUT2D eigenvalue weighted by molar-refractivity contribution is 0.326. The van der Waals surface area contributed by atoms with E-state index in [1.165, 1.54) is 0 Å². The van der Waals surface area contributed by atoms with Crippen LogP contribution in [0.3, 0.4) is 0 Å². The maximum Gasteiger partial charge on any atom is 0.224 e. The Labute approximate surface area is 136 Å². The Morgan fingerprint density at radius 2 is 2.21 bits per heavy atom. The van der Waals surface area contributed by atoms with E-state index in [9.17, 15) is 4.39 Å². The Hall–Kier alpha value is -2.96. The first-order valence-electron chi connectivity index (χ1n) is 7.90. The van der Waals surface area contributed by atoms with Gasteiger partial charge in [0.15, 0.2) is 0 Å². The quantitative estimate of drug-likeness (QED) is 0.605. The third-order valence-corrected chi connectivity index (χ3v) is 4.49. The number of fused-ring (bicyclic) bond motifs is 2. The highest BCUT2D eigenvalue weighted by molar-refractivity contribution is 5.93. The van der Waals surface area contributed by atoms with E-state index in [4.69, 9.17) is 0 Å².